The normalized spacial score (nSPS) is 18.8. The number of terminal acetylenes is 1. The van der Waals surface area contributed by atoms with Crippen molar-refractivity contribution in [2.24, 2.45) is 0 Å². The molecule has 2 atom stereocenters. The average molecular weight is 611 g/mol. The number of aromatic nitrogens is 2. The second-order valence-electron chi connectivity index (χ2n) is 10.5. The minimum atomic E-state index is -4.56. The highest BCUT2D eigenvalue weighted by Crippen LogP contribution is 2.35. The van der Waals surface area contributed by atoms with E-state index in [-0.39, 0.29) is 24.4 Å². The van der Waals surface area contributed by atoms with Crippen molar-refractivity contribution >= 4 is 17.3 Å². The maximum absolute atomic E-state index is 13.2. The highest BCUT2D eigenvalue weighted by molar-refractivity contribution is 6.04. The maximum Gasteiger partial charge on any atom is 0.416 e. The maximum atomic E-state index is 13.2. The number of carbonyl (C=O) groups excluding carboxylic acids is 1. The largest absolute Gasteiger partial charge is 0.473 e. The number of pyridine rings is 2. The number of alkyl halides is 3. The third-order valence-electron chi connectivity index (χ3n) is 7.38. The van der Waals surface area contributed by atoms with Crippen LogP contribution in [0.5, 0.6) is 5.88 Å². The minimum absolute atomic E-state index is 0.113. The number of aryl methyl sites for hydroxylation is 1. The summed E-state index contributed by atoms with van der Waals surface area (Å²) in [5, 5.41) is 2.67. The van der Waals surface area contributed by atoms with Crippen molar-refractivity contribution in [1.82, 2.24) is 9.97 Å². The highest BCUT2D eigenvalue weighted by atomic mass is 19.4. The third kappa shape index (κ3) is 7.85. The first kappa shape index (κ1) is 31.3. The van der Waals surface area contributed by atoms with E-state index >= 15 is 0 Å². The smallest absolute Gasteiger partial charge is 0.416 e. The van der Waals surface area contributed by atoms with Gasteiger partial charge in [0, 0.05) is 54.5 Å². The Bertz CT molecular complexity index is 1500. The van der Waals surface area contributed by atoms with E-state index in [1.54, 1.807) is 12.3 Å². The van der Waals surface area contributed by atoms with E-state index in [2.05, 4.69) is 21.1 Å². The zero-order valence-electron chi connectivity index (χ0n) is 24.2. The zero-order valence-corrected chi connectivity index (χ0v) is 24.2. The number of ether oxygens (including phenoxy) is 4. The molecule has 1 N–H and O–H groups in total. The molecular weight excluding hydrogens is 577 g/mol. The van der Waals surface area contributed by atoms with E-state index < -0.39 is 17.6 Å². The van der Waals surface area contributed by atoms with Crippen LogP contribution in [0, 0.1) is 19.3 Å². The molecule has 0 saturated carbocycles. The molecule has 1 aromatic carbocycles. The van der Waals surface area contributed by atoms with Crippen LogP contribution in [0.2, 0.25) is 0 Å². The lowest BCUT2D eigenvalue weighted by molar-refractivity contribution is -0.137. The van der Waals surface area contributed by atoms with Crippen LogP contribution < -0.4 is 15.0 Å². The number of amides is 1. The predicted molar refractivity (Wildman–Crippen MR) is 158 cm³/mol. The van der Waals surface area contributed by atoms with Crippen LogP contribution >= 0.6 is 0 Å². The lowest BCUT2D eigenvalue weighted by Crippen LogP contribution is -2.38. The molecule has 2 aliphatic heterocycles. The zero-order chi connectivity index (χ0) is 31.1. The number of nitrogens with one attached hydrogen (secondary N) is 1. The van der Waals surface area contributed by atoms with E-state index in [4.69, 9.17) is 30.4 Å². The number of anilines is 2. The summed E-state index contributed by atoms with van der Waals surface area (Å²) in [6.07, 6.45) is 4.96. The van der Waals surface area contributed by atoms with Crippen molar-refractivity contribution in [2.45, 2.75) is 38.1 Å². The monoisotopic (exact) mass is 610 g/mol. The molecular formula is C32H33F3N4O5. The summed E-state index contributed by atoms with van der Waals surface area (Å²) in [5.41, 5.74) is 2.26. The van der Waals surface area contributed by atoms with E-state index in [1.165, 1.54) is 18.3 Å². The molecule has 2 saturated heterocycles. The van der Waals surface area contributed by atoms with E-state index in [1.807, 2.05) is 13.0 Å². The Morgan fingerprint density at radius 3 is 2.75 bits per heavy atom. The Kier molecular flexibility index (Phi) is 9.99. The number of morpholine rings is 1. The van der Waals surface area contributed by atoms with Gasteiger partial charge in [-0.25, -0.2) is 4.98 Å². The van der Waals surface area contributed by atoms with Gasteiger partial charge < -0.3 is 29.2 Å². The summed E-state index contributed by atoms with van der Waals surface area (Å²) in [6, 6.07) is 7.98. The van der Waals surface area contributed by atoms with E-state index in [0.29, 0.717) is 75.2 Å². The first-order valence-electron chi connectivity index (χ1n) is 14.3. The second-order valence-corrected chi connectivity index (χ2v) is 10.5. The van der Waals surface area contributed by atoms with Crippen molar-refractivity contribution in [1.29, 1.82) is 0 Å². The number of nitrogens with zero attached hydrogens (tertiary/aromatic N) is 3. The van der Waals surface area contributed by atoms with Crippen molar-refractivity contribution in [2.75, 3.05) is 56.3 Å². The molecule has 3 aromatic rings. The molecule has 5 rings (SSSR count). The molecule has 2 aromatic heterocycles. The quantitative estimate of drug-likeness (QED) is 0.263. The Hall–Kier alpha value is -4.18. The number of hydrogen-bond donors (Lipinski definition) is 1. The number of rotatable bonds is 9. The number of benzene rings is 1. The fourth-order valence-electron chi connectivity index (χ4n) is 5.12. The Labute approximate surface area is 253 Å². The molecule has 0 spiro atoms. The van der Waals surface area contributed by atoms with Gasteiger partial charge >= 0.3 is 6.18 Å². The van der Waals surface area contributed by atoms with E-state index in [9.17, 15) is 18.0 Å². The molecule has 12 heteroatoms. The lowest BCUT2D eigenvalue weighted by atomic mass is 10.0. The lowest BCUT2D eigenvalue weighted by Gasteiger charge is -2.33. The highest BCUT2D eigenvalue weighted by Gasteiger charge is 2.31. The number of halogens is 3. The number of hydrogen-bond acceptors (Lipinski definition) is 8. The molecule has 9 nitrogen and oxygen atoms in total. The minimum Gasteiger partial charge on any atom is -0.473 e. The van der Waals surface area contributed by atoms with Gasteiger partial charge in [-0.15, -0.1) is 6.42 Å². The van der Waals surface area contributed by atoms with Gasteiger partial charge in [0.1, 0.15) is 18.4 Å². The van der Waals surface area contributed by atoms with Crippen molar-refractivity contribution in [3.8, 4) is 29.4 Å². The Morgan fingerprint density at radius 1 is 1.16 bits per heavy atom. The van der Waals surface area contributed by atoms with Gasteiger partial charge in [-0.2, -0.15) is 13.2 Å². The molecule has 232 valence electrons. The van der Waals surface area contributed by atoms with E-state index in [0.717, 1.165) is 23.4 Å². The first-order valence-corrected chi connectivity index (χ1v) is 14.3. The van der Waals surface area contributed by atoms with Crippen molar-refractivity contribution < 1.29 is 36.9 Å². The summed E-state index contributed by atoms with van der Waals surface area (Å²) in [4.78, 5) is 24.1. The summed E-state index contributed by atoms with van der Waals surface area (Å²) in [7, 11) is 0. The fraction of sp³-hybridized carbons (Fsp3) is 0.406. The van der Waals surface area contributed by atoms with Crippen LogP contribution in [-0.4, -0.2) is 74.2 Å². The molecule has 4 heterocycles. The molecule has 0 radical (unpaired) electrons. The molecule has 0 bridgehead atoms. The van der Waals surface area contributed by atoms with Gasteiger partial charge in [0.05, 0.1) is 50.0 Å². The molecule has 0 unspecified atom stereocenters. The van der Waals surface area contributed by atoms with Gasteiger partial charge in [0.2, 0.25) is 5.88 Å². The first-order chi connectivity index (χ1) is 21.2. The van der Waals surface area contributed by atoms with Crippen LogP contribution in [0.1, 0.15) is 34.5 Å². The van der Waals surface area contributed by atoms with Crippen molar-refractivity contribution in [3.05, 3.63) is 65.6 Å². The average Bonchev–Trinajstić information content (AvgIpc) is 3.03. The van der Waals surface area contributed by atoms with Crippen LogP contribution in [0.3, 0.4) is 0 Å². The van der Waals surface area contributed by atoms with Gasteiger partial charge in [-0.3, -0.25) is 9.78 Å². The van der Waals surface area contributed by atoms with Crippen LogP contribution in [0.25, 0.3) is 11.1 Å². The van der Waals surface area contributed by atoms with Crippen LogP contribution in [-0.2, 0) is 20.4 Å². The van der Waals surface area contributed by atoms with Gasteiger partial charge in [-0.05, 0) is 37.3 Å². The molecule has 2 fully saturated rings. The second kappa shape index (κ2) is 14.1. The Balaban J connectivity index is 1.38. The molecule has 44 heavy (non-hydrogen) atoms. The third-order valence-corrected chi connectivity index (χ3v) is 7.38. The van der Waals surface area contributed by atoms with Crippen LogP contribution in [0.4, 0.5) is 24.5 Å². The van der Waals surface area contributed by atoms with Gasteiger partial charge in [0.15, 0.2) is 0 Å². The molecule has 0 aliphatic carbocycles. The van der Waals surface area contributed by atoms with Gasteiger partial charge in [0.25, 0.3) is 5.91 Å². The Morgan fingerprint density at radius 2 is 1.98 bits per heavy atom. The summed E-state index contributed by atoms with van der Waals surface area (Å²) in [6.45, 7) is 5.41. The SMILES string of the molecule is C#CCOC[C@H]1C[C@H](Oc2ncc(-c3cc(NC(=O)c4cccc(C(F)(F)F)c4)cnc3C)cc2N2CCOCC2)CCO1. The molecule has 1 amide bonds. The predicted octanol–water partition coefficient (Wildman–Crippen LogP) is 5.14. The van der Waals surface area contributed by atoms with Crippen molar-refractivity contribution in [3.63, 3.8) is 0 Å². The summed E-state index contributed by atoms with van der Waals surface area (Å²) < 4.78 is 62.7. The summed E-state index contributed by atoms with van der Waals surface area (Å²) >= 11 is 0. The molecule has 2 aliphatic rings. The van der Waals surface area contributed by atoms with Gasteiger partial charge in [-0.1, -0.05) is 12.0 Å². The van der Waals surface area contributed by atoms with Crippen LogP contribution in [0.15, 0.2) is 48.8 Å². The fourth-order valence-corrected chi connectivity index (χ4v) is 5.12. The standard InChI is InChI=1S/C32H33F3N4O5/c1-3-10-42-20-27-17-26(7-11-43-27)44-31-29(39-8-12-41-13-9-39)15-23(18-37-31)28-16-25(19-36-21(28)2)38-30(40)22-5-4-6-24(14-22)32(33,34)35/h1,4-6,14-16,18-19,26-27H,7-13,17,20H2,2H3,(H,38,40)/t26-,27-/m1/s1. The topological polar surface area (TPSA) is 95.0 Å². The summed E-state index contributed by atoms with van der Waals surface area (Å²) in [5.74, 6) is 2.27. The number of carbonyl (C=O) groups is 1.